The second-order valence-corrected chi connectivity index (χ2v) is 4.64. The van der Waals surface area contributed by atoms with Gasteiger partial charge in [-0.25, -0.2) is 0 Å². The van der Waals surface area contributed by atoms with Gasteiger partial charge in [0.1, 0.15) is 0 Å². The lowest BCUT2D eigenvalue weighted by Crippen LogP contribution is -2.01. The number of fused-ring (bicyclic) bond motifs is 2. The van der Waals surface area contributed by atoms with E-state index in [1.807, 2.05) is 42.6 Å². The van der Waals surface area contributed by atoms with Crippen molar-refractivity contribution < 1.29 is 9.47 Å². The van der Waals surface area contributed by atoms with Crippen LogP contribution in [-0.2, 0) is 6.54 Å². The number of nitrogens with zero attached hydrogens (tertiary/aromatic N) is 1. The second-order valence-electron chi connectivity index (χ2n) is 4.64. The van der Waals surface area contributed by atoms with Crippen molar-refractivity contribution in [3.05, 3.63) is 48.2 Å². The smallest absolute Gasteiger partial charge is 0.231 e. The van der Waals surface area contributed by atoms with Gasteiger partial charge in [-0.1, -0.05) is 18.2 Å². The lowest BCUT2D eigenvalue weighted by atomic mass is 10.1. The summed E-state index contributed by atoms with van der Waals surface area (Å²) in [5.41, 5.74) is 3.15. The molecule has 20 heavy (non-hydrogen) atoms. The molecule has 0 atom stereocenters. The van der Waals surface area contributed by atoms with Crippen LogP contribution in [0.4, 0.5) is 5.69 Å². The molecule has 5 heteroatoms. The molecule has 1 aliphatic heterocycles. The molecular weight excluding hydrogens is 254 g/mol. The van der Waals surface area contributed by atoms with E-state index in [1.54, 1.807) is 0 Å². The Morgan fingerprint density at radius 1 is 1.15 bits per heavy atom. The number of rotatable bonds is 3. The Labute approximate surface area is 115 Å². The molecule has 0 fully saturated rings. The van der Waals surface area contributed by atoms with Crippen LogP contribution >= 0.6 is 0 Å². The van der Waals surface area contributed by atoms with E-state index in [0.29, 0.717) is 13.3 Å². The topological polar surface area (TPSA) is 59.2 Å². The SMILES string of the molecule is c1cc(CNc2cccc3[nH]ncc23)c2c(c1)OCO2. The summed E-state index contributed by atoms with van der Waals surface area (Å²) in [5.74, 6) is 1.64. The molecule has 0 saturated carbocycles. The third-order valence-corrected chi connectivity index (χ3v) is 3.43. The van der Waals surface area contributed by atoms with Crippen LogP contribution in [-0.4, -0.2) is 17.0 Å². The van der Waals surface area contributed by atoms with Gasteiger partial charge in [-0.3, -0.25) is 5.10 Å². The van der Waals surface area contributed by atoms with Gasteiger partial charge in [-0.15, -0.1) is 0 Å². The van der Waals surface area contributed by atoms with E-state index in [1.165, 1.54) is 0 Å². The van der Waals surface area contributed by atoms with Crippen LogP contribution in [0.15, 0.2) is 42.6 Å². The Hall–Kier alpha value is -2.69. The van der Waals surface area contributed by atoms with E-state index in [2.05, 4.69) is 15.5 Å². The first kappa shape index (κ1) is 11.2. The van der Waals surface area contributed by atoms with E-state index in [0.717, 1.165) is 33.7 Å². The van der Waals surface area contributed by atoms with Gasteiger partial charge in [-0.05, 0) is 18.2 Å². The summed E-state index contributed by atoms with van der Waals surface area (Å²) in [5, 5.41) is 11.5. The maximum Gasteiger partial charge on any atom is 0.231 e. The van der Waals surface area contributed by atoms with Gasteiger partial charge in [0, 0.05) is 23.2 Å². The van der Waals surface area contributed by atoms with Crippen molar-refractivity contribution in [2.75, 3.05) is 12.1 Å². The summed E-state index contributed by atoms with van der Waals surface area (Å²) in [6.45, 7) is 0.973. The maximum atomic E-state index is 5.51. The van der Waals surface area contributed by atoms with E-state index >= 15 is 0 Å². The van der Waals surface area contributed by atoms with E-state index in [-0.39, 0.29) is 0 Å². The number of ether oxygens (including phenoxy) is 2. The average Bonchev–Trinajstić information content (AvgIpc) is 3.13. The van der Waals surface area contributed by atoms with E-state index < -0.39 is 0 Å². The molecule has 0 radical (unpaired) electrons. The number of hydrogen-bond donors (Lipinski definition) is 2. The first-order valence-electron chi connectivity index (χ1n) is 6.45. The molecular formula is C15H13N3O2. The molecule has 0 bridgehead atoms. The zero-order chi connectivity index (χ0) is 13.4. The summed E-state index contributed by atoms with van der Waals surface area (Å²) < 4.78 is 10.9. The minimum atomic E-state index is 0.295. The fourth-order valence-electron chi connectivity index (χ4n) is 2.44. The van der Waals surface area contributed by atoms with Gasteiger partial charge >= 0.3 is 0 Å². The first-order chi connectivity index (χ1) is 9.92. The zero-order valence-corrected chi connectivity index (χ0v) is 10.7. The summed E-state index contributed by atoms with van der Waals surface area (Å²) in [4.78, 5) is 0. The molecule has 2 aromatic carbocycles. The van der Waals surface area contributed by atoms with Crippen LogP contribution in [0.1, 0.15) is 5.56 Å². The van der Waals surface area contributed by atoms with Crippen LogP contribution in [0.5, 0.6) is 11.5 Å². The van der Waals surface area contributed by atoms with Crippen LogP contribution in [0.2, 0.25) is 0 Å². The van der Waals surface area contributed by atoms with Crippen molar-refractivity contribution in [1.29, 1.82) is 0 Å². The highest BCUT2D eigenvalue weighted by atomic mass is 16.7. The number of benzene rings is 2. The van der Waals surface area contributed by atoms with Crippen LogP contribution in [0.3, 0.4) is 0 Å². The molecule has 0 saturated heterocycles. The van der Waals surface area contributed by atoms with E-state index in [4.69, 9.17) is 9.47 Å². The Bertz CT molecular complexity index is 767. The highest BCUT2D eigenvalue weighted by molar-refractivity contribution is 5.90. The predicted octanol–water partition coefficient (Wildman–Crippen LogP) is 2.90. The van der Waals surface area contributed by atoms with Crippen molar-refractivity contribution >= 4 is 16.6 Å². The fraction of sp³-hybridized carbons (Fsp3) is 0.133. The molecule has 0 amide bonds. The Kier molecular flexibility index (Phi) is 2.48. The summed E-state index contributed by atoms with van der Waals surface area (Å²) in [6.07, 6.45) is 1.83. The molecule has 4 rings (SSSR count). The molecule has 2 N–H and O–H groups in total. The molecule has 2 heterocycles. The Morgan fingerprint density at radius 3 is 3.10 bits per heavy atom. The number of aromatic amines is 1. The number of para-hydroxylation sites is 1. The van der Waals surface area contributed by atoms with Crippen molar-refractivity contribution in [2.24, 2.45) is 0 Å². The van der Waals surface area contributed by atoms with Crippen molar-refractivity contribution in [1.82, 2.24) is 10.2 Å². The molecule has 5 nitrogen and oxygen atoms in total. The van der Waals surface area contributed by atoms with Crippen LogP contribution in [0, 0.1) is 0 Å². The summed E-state index contributed by atoms with van der Waals surface area (Å²) in [6, 6.07) is 12.0. The predicted molar refractivity (Wildman–Crippen MR) is 76.0 cm³/mol. The highest BCUT2D eigenvalue weighted by Gasteiger charge is 2.16. The maximum absolute atomic E-state index is 5.51. The van der Waals surface area contributed by atoms with Crippen molar-refractivity contribution in [2.45, 2.75) is 6.54 Å². The number of anilines is 1. The van der Waals surface area contributed by atoms with Gasteiger partial charge in [0.15, 0.2) is 11.5 Å². The Morgan fingerprint density at radius 2 is 2.10 bits per heavy atom. The largest absolute Gasteiger partial charge is 0.454 e. The molecule has 3 aromatic rings. The second kappa shape index (κ2) is 4.45. The molecule has 100 valence electrons. The van der Waals surface area contributed by atoms with Gasteiger partial charge in [-0.2, -0.15) is 5.10 Å². The zero-order valence-electron chi connectivity index (χ0n) is 10.7. The number of hydrogen-bond acceptors (Lipinski definition) is 4. The molecule has 0 aliphatic carbocycles. The standard InChI is InChI=1S/C15H13N3O2/c1-3-10(15-14(6-1)19-9-20-15)7-16-12-4-2-5-13-11(12)8-17-18-13/h1-6,8,16H,7,9H2,(H,17,18). The monoisotopic (exact) mass is 267 g/mol. The van der Waals surface area contributed by atoms with Gasteiger partial charge in [0.2, 0.25) is 6.79 Å². The number of aromatic nitrogens is 2. The van der Waals surface area contributed by atoms with Gasteiger partial charge < -0.3 is 14.8 Å². The third-order valence-electron chi connectivity index (χ3n) is 3.43. The van der Waals surface area contributed by atoms with Crippen molar-refractivity contribution in [3.63, 3.8) is 0 Å². The highest BCUT2D eigenvalue weighted by Crippen LogP contribution is 2.35. The number of nitrogens with one attached hydrogen (secondary N) is 2. The lowest BCUT2D eigenvalue weighted by Gasteiger charge is -2.09. The average molecular weight is 267 g/mol. The van der Waals surface area contributed by atoms with Crippen molar-refractivity contribution in [3.8, 4) is 11.5 Å². The normalized spacial score (nSPS) is 12.8. The molecule has 0 spiro atoms. The minimum absolute atomic E-state index is 0.295. The molecule has 1 aromatic heterocycles. The fourth-order valence-corrected chi connectivity index (χ4v) is 2.44. The third kappa shape index (κ3) is 1.75. The summed E-state index contributed by atoms with van der Waals surface area (Å²) in [7, 11) is 0. The first-order valence-corrected chi connectivity index (χ1v) is 6.45. The van der Waals surface area contributed by atoms with Crippen LogP contribution < -0.4 is 14.8 Å². The minimum Gasteiger partial charge on any atom is -0.454 e. The quantitative estimate of drug-likeness (QED) is 0.766. The van der Waals surface area contributed by atoms with Gasteiger partial charge in [0.05, 0.1) is 11.7 Å². The van der Waals surface area contributed by atoms with E-state index in [9.17, 15) is 0 Å². The number of H-pyrrole nitrogens is 1. The Balaban J connectivity index is 1.62. The van der Waals surface area contributed by atoms with Gasteiger partial charge in [0.25, 0.3) is 0 Å². The molecule has 0 unspecified atom stereocenters. The molecule has 1 aliphatic rings. The summed E-state index contributed by atoms with van der Waals surface area (Å²) >= 11 is 0. The van der Waals surface area contributed by atoms with Crippen LogP contribution in [0.25, 0.3) is 10.9 Å². The lowest BCUT2D eigenvalue weighted by molar-refractivity contribution is 0.173.